The molecule has 6 heteroatoms. The zero-order valence-electron chi connectivity index (χ0n) is 10.2. The van der Waals surface area contributed by atoms with E-state index in [-0.39, 0.29) is 17.7 Å². The topological polar surface area (TPSA) is 79.3 Å². The van der Waals surface area contributed by atoms with Crippen molar-refractivity contribution in [1.29, 1.82) is 0 Å². The van der Waals surface area contributed by atoms with Gasteiger partial charge in [0.1, 0.15) is 0 Å². The van der Waals surface area contributed by atoms with Crippen LogP contribution in [0.3, 0.4) is 0 Å². The van der Waals surface area contributed by atoms with Gasteiger partial charge in [0.2, 0.25) is 0 Å². The molecule has 0 saturated heterocycles. The van der Waals surface area contributed by atoms with Crippen LogP contribution in [0.4, 0.5) is 0 Å². The highest BCUT2D eigenvalue weighted by molar-refractivity contribution is 7.89. The first-order chi connectivity index (χ1) is 8.62. The second-order valence-corrected chi connectivity index (χ2v) is 6.28. The van der Waals surface area contributed by atoms with Crippen LogP contribution in [0.25, 0.3) is 0 Å². The van der Waals surface area contributed by atoms with Crippen molar-refractivity contribution in [3.63, 3.8) is 0 Å². The lowest BCUT2D eigenvalue weighted by Gasteiger charge is -2.22. The third-order valence-corrected chi connectivity index (χ3v) is 4.62. The normalized spacial score (nSPS) is 17.8. The average Bonchev–Trinajstić information content (AvgIpc) is 2.39. The number of nitrogens with one attached hydrogen (secondary N) is 1. The number of hydrogen-bond donors (Lipinski definition) is 2. The summed E-state index contributed by atoms with van der Waals surface area (Å²) in [7, 11) is -3.53. The minimum Gasteiger partial charge on any atom is -0.392 e. The molecule has 0 atom stereocenters. The molecule has 1 fully saturated rings. The Morgan fingerprint density at radius 2 is 2.00 bits per heavy atom. The minimum atomic E-state index is -3.53. The maximum Gasteiger partial charge on any atom is 0.258 e. The van der Waals surface area contributed by atoms with Crippen LogP contribution in [0.2, 0.25) is 0 Å². The molecule has 100 valence electrons. The van der Waals surface area contributed by atoms with E-state index in [0.29, 0.717) is 5.56 Å². The Balaban J connectivity index is 2.08. The molecule has 1 aromatic heterocycles. The van der Waals surface area contributed by atoms with Crippen LogP contribution in [0.15, 0.2) is 23.4 Å². The Hall–Kier alpha value is -0.980. The van der Waals surface area contributed by atoms with Crippen molar-refractivity contribution < 1.29 is 13.5 Å². The van der Waals surface area contributed by atoms with Gasteiger partial charge in [-0.05, 0) is 24.5 Å². The zero-order valence-corrected chi connectivity index (χ0v) is 11.0. The minimum absolute atomic E-state index is 0.0188. The molecule has 0 aromatic carbocycles. The monoisotopic (exact) mass is 270 g/mol. The van der Waals surface area contributed by atoms with E-state index in [1.54, 1.807) is 6.07 Å². The van der Waals surface area contributed by atoms with Crippen molar-refractivity contribution in [1.82, 2.24) is 9.71 Å². The molecule has 1 saturated carbocycles. The smallest absolute Gasteiger partial charge is 0.258 e. The van der Waals surface area contributed by atoms with E-state index >= 15 is 0 Å². The summed E-state index contributed by atoms with van der Waals surface area (Å²) in [6.07, 6.45) is 6.51. The lowest BCUT2D eigenvalue weighted by Crippen LogP contribution is -2.36. The Bertz CT molecular complexity index is 479. The van der Waals surface area contributed by atoms with Gasteiger partial charge in [-0.1, -0.05) is 25.3 Å². The number of aromatic nitrogens is 1. The van der Waals surface area contributed by atoms with E-state index in [2.05, 4.69) is 9.71 Å². The first-order valence-corrected chi connectivity index (χ1v) is 7.68. The predicted molar refractivity (Wildman–Crippen MR) is 67.4 cm³/mol. The molecule has 0 bridgehead atoms. The van der Waals surface area contributed by atoms with Crippen molar-refractivity contribution in [2.24, 2.45) is 0 Å². The largest absolute Gasteiger partial charge is 0.392 e. The third-order valence-electron chi connectivity index (χ3n) is 3.18. The SMILES string of the molecule is O=S(=O)(NC1CCCCC1)c1ccc(CO)cn1. The highest BCUT2D eigenvalue weighted by atomic mass is 32.2. The van der Waals surface area contributed by atoms with Gasteiger partial charge in [-0.2, -0.15) is 0 Å². The lowest BCUT2D eigenvalue weighted by atomic mass is 9.96. The van der Waals surface area contributed by atoms with Crippen molar-refractivity contribution in [2.75, 3.05) is 0 Å². The van der Waals surface area contributed by atoms with Crippen molar-refractivity contribution in [3.05, 3.63) is 23.9 Å². The number of hydrogen-bond acceptors (Lipinski definition) is 4. The van der Waals surface area contributed by atoms with E-state index in [4.69, 9.17) is 5.11 Å². The number of aliphatic hydroxyl groups is 1. The summed E-state index contributed by atoms with van der Waals surface area (Å²) in [5.74, 6) is 0. The molecule has 2 rings (SSSR count). The van der Waals surface area contributed by atoms with E-state index < -0.39 is 10.0 Å². The van der Waals surface area contributed by atoms with Gasteiger partial charge >= 0.3 is 0 Å². The van der Waals surface area contributed by atoms with Crippen LogP contribution in [0, 0.1) is 0 Å². The molecular formula is C12H18N2O3S. The molecular weight excluding hydrogens is 252 g/mol. The summed E-state index contributed by atoms with van der Waals surface area (Å²) in [6, 6.07) is 3.03. The molecule has 1 aliphatic rings. The second-order valence-electron chi connectivity index (χ2n) is 4.62. The van der Waals surface area contributed by atoms with Crippen molar-refractivity contribution in [3.8, 4) is 0 Å². The quantitative estimate of drug-likeness (QED) is 0.861. The maximum absolute atomic E-state index is 12.1. The van der Waals surface area contributed by atoms with Gasteiger partial charge in [-0.25, -0.2) is 18.1 Å². The lowest BCUT2D eigenvalue weighted by molar-refractivity contribution is 0.281. The third kappa shape index (κ3) is 3.28. The zero-order chi connectivity index (χ0) is 13.0. The number of sulfonamides is 1. The molecule has 2 N–H and O–H groups in total. The fourth-order valence-corrected chi connectivity index (χ4v) is 3.40. The van der Waals surface area contributed by atoms with Crippen LogP contribution in [0.5, 0.6) is 0 Å². The fraction of sp³-hybridized carbons (Fsp3) is 0.583. The van der Waals surface area contributed by atoms with Crippen molar-refractivity contribution >= 4 is 10.0 Å². The van der Waals surface area contributed by atoms with E-state index in [9.17, 15) is 8.42 Å². The average molecular weight is 270 g/mol. The Labute approximate surface area is 107 Å². The molecule has 1 aromatic rings. The van der Waals surface area contributed by atoms with Crippen LogP contribution >= 0.6 is 0 Å². The van der Waals surface area contributed by atoms with Gasteiger partial charge in [0.05, 0.1) is 6.61 Å². The van der Waals surface area contributed by atoms with Gasteiger partial charge in [0.15, 0.2) is 5.03 Å². The van der Waals surface area contributed by atoms with E-state index in [1.807, 2.05) is 0 Å². The van der Waals surface area contributed by atoms with Crippen molar-refractivity contribution in [2.45, 2.75) is 49.8 Å². The number of pyridine rings is 1. The molecule has 18 heavy (non-hydrogen) atoms. The van der Waals surface area contributed by atoms with Gasteiger partial charge in [-0.15, -0.1) is 0 Å². The highest BCUT2D eigenvalue weighted by Crippen LogP contribution is 2.19. The van der Waals surface area contributed by atoms with E-state index in [0.717, 1.165) is 25.7 Å². The van der Waals surface area contributed by atoms with Gasteiger partial charge < -0.3 is 5.11 Å². The van der Waals surface area contributed by atoms with Gasteiger partial charge in [0, 0.05) is 12.2 Å². The predicted octanol–water partition coefficient (Wildman–Crippen LogP) is 1.18. The molecule has 5 nitrogen and oxygen atoms in total. The van der Waals surface area contributed by atoms with Crippen LogP contribution in [0.1, 0.15) is 37.7 Å². The molecule has 0 amide bonds. The van der Waals surface area contributed by atoms with Crippen LogP contribution < -0.4 is 4.72 Å². The summed E-state index contributed by atoms with van der Waals surface area (Å²) in [5.41, 5.74) is 0.603. The molecule has 0 unspecified atom stereocenters. The molecule has 0 aliphatic heterocycles. The Morgan fingerprint density at radius 1 is 1.28 bits per heavy atom. The number of aliphatic hydroxyl groups excluding tert-OH is 1. The number of rotatable bonds is 4. The summed E-state index contributed by atoms with van der Waals surface area (Å²) >= 11 is 0. The Morgan fingerprint density at radius 3 is 2.56 bits per heavy atom. The van der Waals surface area contributed by atoms with E-state index in [1.165, 1.54) is 18.7 Å². The summed E-state index contributed by atoms with van der Waals surface area (Å²) in [4.78, 5) is 3.88. The standard InChI is InChI=1S/C12H18N2O3S/c15-9-10-6-7-12(13-8-10)18(16,17)14-11-4-2-1-3-5-11/h6-8,11,14-15H,1-5,9H2. The molecule has 1 aliphatic carbocycles. The first kappa shape index (κ1) is 13.5. The second kappa shape index (κ2) is 5.77. The molecule has 0 radical (unpaired) electrons. The highest BCUT2D eigenvalue weighted by Gasteiger charge is 2.22. The fourth-order valence-electron chi connectivity index (χ4n) is 2.16. The molecule has 1 heterocycles. The van der Waals surface area contributed by atoms with Gasteiger partial charge in [0.25, 0.3) is 10.0 Å². The summed E-state index contributed by atoms with van der Waals surface area (Å²) in [5, 5.41) is 8.91. The Kier molecular flexibility index (Phi) is 4.31. The maximum atomic E-state index is 12.1. The van der Waals surface area contributed by atoms with Crippen LogP contribution in [-0.2, 0) is 16.6 Å². The molecule has 0 spiro atoms. The summed E-state index contributed by atoms with van der Waals surface area (Å²) < 4.78 is 26.8. The first-order valence-electron chi connectivity index (χ1n) is 6.20. The number of nitrogens with zero attached hydrogens (tertiary/aromatic N) is 1. The van der Waals surface area contributed by atoms with Gasteiger partial charge in [-0.3, -0.25) is 0 Å². The van der Waals surface area contributed by atoms with Crippen LogP contribution in [-0.4, -0.2) is 24.6 Å². The summed E-state index contributed by atoms with van der Waals surface area (Å²) in [6.45, 7) is -0.136.